The summed E-state index contributed by atoms with van der Waals surface area (Å²) in [7, 11) is -2.02. The molecule has 0 spiro atoms. The van der Waals surface area contributed by atoms with E-state index in [1.807, 2.05) is 0 Å². The second-order valence-corrected chi connectivity index (χ2v) is 6.12. The highest BCUT2D eigenvalue weighted by Crippen LogP contribution is 2.19. The Kier molecular flexibility index (Phi) is 6.06. The topological polar surface area (TPSA) is 49.4 Å². The van der Waals surface area contributed by atoms with Gasteiger partial charge in [0.25, 0.3) is 0 Å². The molecule has 0 aliphatic rings. The molecule has 6 heteroatoms. The number of hydrogen-bond acceptors (Lipinski definition) is 3. The molecule has 0 saturated heterocycles. The van der Waals surface area contributed by atoms with Gasteiger partial charge in [-0.25, -0.2) is 12.8 Å². The molecule has 0 heterocycles. The van der Waals surface area contributed by atoms with Gasteiger partial charge < -0.3 is 5.32 Å². The van der Waals surface area contributed by atoms with Crippen LogP contribution in [0.2, 0.25) is 0 Å². The average molecular weight is 298 g/mol. The van der Waals surface area contributed by atoms with Crippen molar-refractivity contribution < 1.29 is 12.8 Å². The van der Waals surface area contributed by atoms with Crippen LogP contribution in [0.15, 0.2) is 48.4 Å². The van der Waals surface area contributed by atoms with Crippen LogP contribution in [-0.2, 0) is 16.6 Å². The summed E-state index contributed by atoms with van der Waals surface area (Å²) in [6.45, 7) is 7.69. The maximum atomic E-state index is 13.6. The zero-order chi connectivity index (χ0) is 15.2. The number of nitrogens with zero attached hydrogens (tertiary/aromatic N) is 1. The van der Waals surface area contributed by atoms with Crippen molar-refractivity contribution in [1.29, 1.82) is 0 Å². The van der Waals surface area contributed by atoms with Crippen molar-refractivity contribution in [3.05, 3.63) is 54.9 Å². The molecular weight excluding hydrogens is 279 g/mol. The maximum absolute atomic E-state index is 13.6. The maximum Gasteiger partial charge on any atom is 0.243 e. The van der Waals surface area contributed by atoms with Gasteiger partial charge in [-0.2, -0.15) is 4.31 Å². The molecule has 0 radical (unpaired) electrons. The van der Waals surface area contributed by atoms with Crippen LogP contribution in [0.25, 0.3) is 0 Å². The van der Waals surface area contributed by atoms with E-state index in [9.17, 15) is 12.8 Å². The lowest BCUT2D eigenvalue weighted by Crippen LogP contribution is -2.31. The fraction of sp³-hybridized carbons (Fsp3) is 0.286. The van der Waals surface area contributed by atoms with E-state index in [2.05, 4.69) is 18.5 Å². The Morgan fingerprint density at radius 3 is 2.40 bits per heavy atom. The molecule has 0 unspecified atom stereocenters. The highest BCUT2D eigenvalue weighted by Gasteiger charge is 2.23. The molecule has 1 aromatic rings. The molecule has 4 nitrogen and oxygen atoms in total. The molecule has 0 saturated carbocycles. The van der Waals surface area contributed by atoms with Crippen molar-refractivity contribution in [3.8, 4) is 0 Å². The van der Waals surface area contributed by atoms with Crippen LogP contribution in [-0.4, -0.2) is 32.9 Å². The van der Waals surface area contributed by atoms with E-state index in [4.69, 9.17) is 0 Å². The quantitative estimate of drug-likeness (QED) is 0.746. The number of sulfonamides is 1. The van der Waals surface area contributed by atoms with E-state index < -0.39 is 15.8 Å². The van der Waals surface area contributed by atoms with Gasteiger partial charge >= 0.3 is 0 Å². The Hall–Kier alpha value is -1.50. The summed E-state index contributed by atoms with van der Waals surface area (Å²) in [5.41, 5.74) is 0.311. The fourth-order valence-corrected chi connectivity index (χ4v) is 3.18. The lowest BCUT2D eigenvalue weighted by atomic mass is 10.2. The third kappa shape index (κ3) is 3.75. The number of nitrogens with one attached hydrogen (secondary N) is 1. The molecule has 110 valence electrons. The van der Waals surface area contributed by atoms with E-state index in [1.54, 1.807) is 7.05 Å². The first kappa shape index (κ1) is 16.6. The van der Waals surface area contributed by atoms with Crippen LogP contribution in [0, 0.1) is 5.82 Å². The molecule has 1 aromatic carbocycles. The zero-order valence-corrected chi connectivity index (χ0v) is 12.3. The molecule has 1 N–H and O–H groups in total. The van der Waals surface area contributed by atoms with Crippen molar-refractivity contribution in [2.75, 3.05) is 20.1 Å². The first-order valence-electron chi connectivity index (χ1n) is 6.12. The van der Waals surface area contributed by atoms with E-state index in [0.29, 0.717) is 5.56 Å². The molecule has 0 aliphatic carbocycles. The highest BCUT2D eigenvalue weighted by atomic mass is 32.2. The van der Waals surface area contributed by atoms with Gasteiger partial charge in [0.15, 0.2) is 0 Å². The third-order valence-electron chi connectivity index (χ3n) is 2.69. The summed E-state index contributed by atoms with van der Waals surface area (Å²) in [6, 6.07) is 3.78. The van der Waals surface area contributed by atoms with Crippen molar-refractivity contribution in [2.24, 2.45) is 0 Å². The molecule has 0 aliphatic heterocycles. The van der Waals surface area contributed by atoms with Crippen molar-refractivity contribution in [3.63, 3.8) is 0 Å². The van der Waals surface area contributed by atoms with E-state index in [-0.39, 0.29) is 24.5 Å². The average Bonchev–Trinajstić information content (AvgIpc) is 2.41. The van der Waals surface area contributed by atoms with E-state index >= 15 is 0 Å². The van der Waals surface area contributed by atoms with Crippen LogP contribution in [0.3, 0.4) is 0 Å². The third-order valence-corrected chi connectivity index (χ3v) is 4.52. The Labute approximate surface area is 119 Å². The van der Waals surface area contributed by atoms with Crippen molar-refractivity contribution in [1.82, 2.24) is 9.62 Å². The molecule has 0 atom stereocenters. The standard InChI is InChI=1S/C14H19FN2O2S/c1-4-8-17(9-5-2)20(18,19)13-6-7-14(15)12(10-13)11-16-3/h4-7,10,16H,1-2,8-9,11H2,3H3. The predicted molar refractivity (Wildman–Crippen MR) is 78.3 cm³/mol. The highest BCUT2D eigenvalue weighted by molar-refractivity contribution is 7.89. The van der Waals surface area contributed by atoms with Gasteiger partial charge in [-0.1, -0.05) is 12.2 Å². The lowest BCUT2D eigenvalue weighted by Gasteiger charge is -2.19. The summed E-state index contributed by atoms with van der Waals surface area (Å²) in [4.78, 5) is 0.0628. The van der Waals surface area contributed by atoms with Crippen molar-refractivity contribution in [2.45, 2.75) is 11.4 Å². The summed E-state index contributed by atoms with van der Waals surface area (Å²) in [5, 5.41) is 2.80. The smallest absolute Gasteiger partial charge is 0.243 e. The summed E-state index contributed by atoms with van der Waals surface area (Å²) in [5.74, 6) is -0.433. The largest absolute Gasteiger partial charge is 0.316 e. The van der Waals surface area contributed by atoms with Gasteiger partial charge in [-0.05, 0) is 25.2 Å². The lowest BCUT2D eigenvalue weighted by molar-refractivity contribution is 0.473. The minimum atomic E-state index is -3.69. The van der Waals surface area contributed by atoms with Gasteiger partial charge in [0.2, 0.25) is 10.0 Å². The van der Waals surface area contributed by atoms with Gasteiger partial charge in [0, 0.05) is 25.2 Å². The second-order valence-electron chi connectivity index (χ2n) is 4.18. The molecular formula is C14H19FN2O2S. The Balaban J connectivity index is 3.22. The zero-order valence-electron chi connectivity index (χ0n) is 11.5. The van der Waals surface area contributed by atoms with Crippen LogP contribution in [0.4, 0.5) is 4.39 Å². The SMILES string of the molecule is C=CCN(CC=C)S(=O)(=O)c1ccc(F)c(CNC)c1. The van der Waals surface area contributed by atoms with Crippen molar-refractivity contribution >= 4 is 10.0 Å². The first-order chi connectivity index (χ1) is 9.47. The molecule has 0 amide bonds. The molecule has 0 aromatic heterocycles. The summed E-state index contributed by atoms with van der Waals surface area (Å²) < 4.78 is 39.7. The molecule has 0 bridgehead atoms. The molecule has 1 rings (SSSR count). The van der Waals surface area contributed by atoms with Crippen LogP contribution >= 0.6 is 0 Å². The molecule has 0 fully saturated rings. The first-order valence-corrected chi connectivity index (χ1v) is 7.56. The van der Waals surface area contributed by atoms with Crippen LogP contribution < -0.4 is 5.32 Å². The number of hydrogen-bond donors (Lipinski definition) is 1. The number of benzene rings is 1. The summed E-state index contributed by atoms with van der Waals surface area (Å²) >= 11 is 0. The number of halogens is 1. The van der Waals surface area contributed by atoms with Crippen LogP contribution in [0.5, 0.6) is 0 Å². The van der Waals surface area contributed by atoms with E-state index in [1.165, 1.54) is 34.7 Å². The Morgan fingerprint density at radius 1 is 1.30 bits per heavy atom. The van der Waals surface area contributed by atoms with E-state index in [0.717, 1.165) is 0 Å². The monoisotopic (exact) mass is 298 g/mol. The normalized spacial score (nSPS) is 11.6. The Morgan fingerprint density at radius 2 is 1.90 bits per heavy atom. The second kappa shape index (κ2) is 7.33. The van der Waals surface area contributed by atoms with Crippen LogP contribution in [0.1, 0.15) is 5.56 Å². The molecule has 20 heavy (non-hydrogen) atoms. The number of rotatable bonds is 8. The summed E-state index contributed by atoms with van der Waals surface area (Å²) in [6.07, 6.45) is 3.00. The van der Waals surface area contributed by atoms with Gasteiger partial charge in [-0.15, -0.1) is 13.2 Å². The van der Waals surface area contributed by atoms with Gasteiger partial charge in [0.05, 0.1) is 4.90 Å². The Bertz CT molecular complexity index is 575. The van der Waals surface area contributed by atoms with Gasteiger partial charge in [-0.3, -0.25) is 0 Å². The fourth-order valence-electron chi connectivity index (χ4n) is 1.75. The predicted octanol–water partition coefficient (Wildman–Crippen LogP) is 1.91. The minimum absolute atomic E-state index is 0.0628. The minimum Gasteiger partial charge on any atom is -0.316 e. The van der Waals surface area contributed by atoms with Gasteiger partial charge in [0.1, 0.15) is 5.82 Å².